The van der Waals surface area contributed by atoms with Crippen LogP contribution < -0.4 is 15.6 Å². The van der Waals surface area contributed by atoms with E-state index < -0.39 is 0 Å². The quantitative estimate of drug-likeness (QED) is 0.513. The van der Waals surface area contributed by atoms with E-state index in [-0.39, 0.29) is 42.3 Å². The van der Waals surface area contributed by atoms with Gasteiger partial charge in [-0.3, -0.25) is 14.4 Å². The molecule has 8 heteroatoms. The molecule has 1 aromatic heterocycles. The number of nitrogens with zero attached hydrogens (tertiary/aromatic N) is 2. The second-order valence-electron chi connectivity index (χ2n) is 9.41. The van der Waals surface area contributed by atoms with Crippen molar-refractivity contribution in [2.24, 2.45) is 5.10 Å². The van der Waals surface area contributed by atoms with Crippen LogP contribution in [0.25, 0.3) is 0 Å². The highest BCUT2D eigenvalue weighted by Gasteiger charge is 2.33. The van der Waals surface area contributed by atoms with Gasteiger partial charge in [0.1, 0.15) is 5.75 Å². The molecule has 3 aromatic rings. The molecule has 0 bridgehead atoms. The van der Waals surface area contributed by atoms with Crippen LogP contribution in [0.5, 0.6) is 5.75 Å². The van der Waals surface area contributed by atoms with Crippen LogP contribution >= 0.6 is 0 Å². The van der Waals surface area contributed by atoms with E-state index in [1.54, 1.807) is 13.2 Å². The second kappa shape index (κ2) is 10.8. The number of H-pyrrole nitrogens is 1. The largest absolute Gasteiger partial charge is 0.497 e. The van der Waals surface area contributed by atoms with Crippen molar-refractivity contribution in [1.29, 1.82) is 0 Å². The molecule has 0 radical (unpaired) electrons. The summed E-state index contributed by atoms with van der Waals surface area (Å²) >= 11 is 0. The molecule has 0 spiro atoms. The lowest BCUT2D eigenvalue weighted by Crippen LogP contribution is -2.33. The molecule has 1 aliphatic heterocycles. The van der Waals surface area contributed by atoms with E-state index in [9.17, 15) is 14.4 Å². The van der Waals surface area contributed by atoms with E-state index >= 15 is 0 Å². The van der Waals surface area contributed by atoms with Crippen LogP contribution in [0.1, 0.15) is 66.6 Å². The number of carbonyl (C=O) groups excluding carboxylic acids is 2. The van der Waals surface area contributed by atoms with Crippen LogP contribution in [-0.2, 0) is 16.0 Å². The Kier molecular flexibility index (Phi) is 7.16. The number of fused-ring (bicyclic) bond motifs is 1. The number of hydrazone groups is 1. The van der Waals surface area contributed by atoms with Crippen LogP contribution in [0.15, 0.2) is 76.6 Å². The third-order valence-electron chi connectivity index (χ3n) is 7.01. The normalized spacial score (nSPS) is 18.6. The standard InChI is InChI=1S/C29H30N4O4/c1-37-21-12-10-20(11-13-21)26-18-25(19-6-3-2-4-7-19)32-33(26)29(36)17-16-28(35)31-24-9-5-8-23-22(24)14-15-27(34)30-23/h2-4,6-7,10-15,24,26H,5,8-9,16-18H2,1H3,(H,30,34)(H,31,35). The molecule has 8 nitrogen and oxygen atoms in total. The van der Waals surface area contributed by atoms with Gasteiger partial charge in [-0.1, -0.05) is 42.5 Å². The van der Waals surface area contributed by atoms with Gasteiger partial charge in [0, 0.05) is 31.0 Å². The van der Waals surface area contributed by atoms with E-state index in [0.717, 1.165) is 53.1 Å². The minimum absolute atomic E-state index is 0.0509. The van der Waals surface area contributed by atoms with E-state index in [2.05, 4.69) is 10.3 Å². The first-order valence-electron chi connectivity index (χ1n) is 12.6. The van der Waals surface area contributed by atoms with Crippen molar-refractivity contribution < 1.29 is 14.3 Å². The van der Waals surface area contributed by atoms with Gasteiger partial charge in [0.25, 0.3) is 0 Å². The number of methoxy groups -OCH3 is 1. The predicted molar refractivity (Wildman–Crippen MR) is 140 cm³/mol. The van der Waals surface area contributed by atoms with E-state index in [1.807, 2.05) is 54.6 Å². The van der Waals surface area contributed by atoms with Gasteiger partial charge in [0.05, 0.1) is 24.9 Å². The van der Waals surface area contributed by atoms with Crippen molar-refractivity contribution >= 4 is 17.5 Å². The molecule has 2 aliphatic rings. The second-order valence-corrected chi connectivity index (χ2v) is 9.41. The van der Waals surface area contributed by atoms with Crippen molar-refractivity contribution in [3.8, 4) is 5.75 Å². The summed E-state index contributed by atoms with van der Waals surface area (Å²) in [6, 6.07) is 20.3. The number of aryl methyl sites for hydroxylation is 1. The molecule has 0 fully saturated rings. The van der Waals surface area contributed by atoms with Crippen LogP contribution in [0.3, 0.4) is 0 Å². The number of ether oxygens (including phenoxy) is 1. The number of rotatable bonds is 7. The number of aromatic amines is 1. The third kappa shape index (κ3) is 5.48. The van der Waals surface area contributed by atoms with Crippen LogP contribution in [0.4, 0.5) is 0 Å². The van der Waals surface area contributed by atoms with Gasteiger partial charge in [0.2, 0.25) is 17.4 Å². The highest BCUT2D eigenvalue weighted by molar-refractivity contribution is 6.03. The minimum Gasteiger partial charge on any atom is -0.497 e. The molecule has 0 saturated heterocycles. The smallest absolute Gasteiger partial charge is 0.248 e. The average Bonchev–Trinajstić information content (AvgIpc) is 3.38. The summed E-state index contributed by atoms with van der Waals surface area (Å²) in [4.78, 5) is 40.7. The Morgan fingerprint density at radius 2 is 1.84 bits per heavy atom. The predicted octanol–water partition coefficient (Wildman–Crippen LogP) is 4.04. The number of pyridine rings is 1. The summed E-state index contributed by atoms with van der Waals surface area (Å²) in [5, 5.41) is 9.27. The Balaban J connectivity index is 1.28. The molecule has 5 rings (SSSR count). The van der Waals surface area contributed by atoms with Gasteiger partial charge in [-0.15, -0.1) is 0 Å². The third-order valence-corrected chi connectivity index (χ3v) is 7.01. The molecule has 37 heavy (non-hydrogen) atoms. The van der Waals surface area contributed by atoms with Gasteiger partial charge < -0.3 is 15.0 Å². The van der Waals surface area contributed by atoms with Crippen molar-refractivity contribution in [2.45, 2.75) is 50.6 Å². The number of benzene rings is 2. The van der Waals surface area contributed by atoms with Gasteiger partial charge >= 0.3 is 0 Å². The maximum absolute atomic E-state index is 13.3. The van der Waals surface area contributed by atoms with Gasteiger partial charge in [-0.25, -0.2) is 5.01 Å². The lowest BCUT2D eigenvalue weighted by Gasteiger charge is -2.26. The van der Waals surface area contributed by atoms with E-state index in [1.165, 1.54) is 11.1 Å². The number of carbonyl (C=O) groups is 2. The Hall–Kier alpha value is -4.20. The first-order chi connectivity index (χ1) is 18.0. The first kappa shape index (κ1) is 24.5. The molecule has 2 unspecified atom stereocenters. The van der Waals surface area contributed by atoms with Crippen molar-refractivity contribution in [1.82, 2.24) is 15.3 Å². The van der Waals surface area contributed by atoms with Crippen molar-refractivity contribution in [2.75, 3.05) is 7.11 Å². The fourth-order valence-electron chi connectivity index (χ4n) is 5.08. The molecule has 2 heterocycles. The van der Waals surface area contributed by atoms with E-state index in [4.69, 9.17) is 9.84 Å². The Morgan fingerprint density at radius 3 is 2.59 bits per heavy atom. The van der Waals surface area contributed by atoms with E-state index in [0.29, 0.717) is 6.42 Å². The van der Waals surface area contributed by atoms with Crippen molar-refractivity contribution in [3.05, 3.63) is 99.5 Å². The first-order valence-corrected chi connectivity index (χ1v) is 12.6. The maximum Gasteiger partial charge on any atom is 0.248 e. The topological polar surface area (TPSA) is 104 Å². The SMILES string of the molecule is COc1ccc(C2CC(c3ccccc3)=NN2C(=O)CCC(=O)NC2CCCc3[nH]c(=O)ccc32)cc1. The summed E-state index contributed by atoms with van der Waals surface area (Å²) in [5.74, 6) is 0.356. The van der Waals surface area contributed by atoms with Gasteiger partial charge in [-0.05, 0) is 54.2 Å². The summed E-state index contributed by atoms with van der Waals surface area (Å²) < 4.78 is 5.28. The monoisotopic (exact) mass is 498 g/mol. The summed E-state index contributed by atoms with van der Waals surface area (Å²) in [7, 11) is 1.62. The molecule has 2 aromatic carbocycles. The molecular weight excluding hydrogens is 468 g/mol. The van der Waals surface area contributed by atoms with Crippen LogP contribution in [-0.4, -0.2) is 34.6 Å². The summed E-state index contributed by atoms with van der Waals surface area (Å²) in [5.41, 5.74) is 4.46. The fraction of sp³-hybridized carbons (Fsp3) is 0.310. The molecule has 190 valence electrons. The molecular formula is C29H30N4O4. The molecule has 2 N–H and O–H groups in total. The zero-order chi connectivity index (χ0) is 25.8. The lowest BCUT2D eigenvalue weighted by molar-refractivity contribution is -0.135. The molecule has 2 atom stereocenters. The van der Waals surface area contributed by atoms with Crippen LogP contribution in [0, 0.1) is 0 Å². The number of aromatic nitrogens is 1. The zero-order valence-corrected chi connectivity index (χ0v) is 20.8. The average molecular weight is 499 g/mol. The summed E-state index contributed by atoms with van der Waals surface area (Å²) in [6.07, 6.45) is 3.18. The Morgan fingerprint density at radius 1 is 1.05 bits per heavy atom. The molecule has 0 saturated carbocycles. The van der Waals surface area contributed by atoms with Gasteiger partial charge in [-0.2, -0.15) is 5.10 Å². The lowest BCUT2D eigenvalue weighted by atomic mass is 9.91. The number of nitrogens with one attached hydrogen (secondary N) is 2. The van der Waals surface area contributed by atoms with Gasteiger partial charge in [0.15, 0.2) is 0 Å². The molecule has 2 amide bonds. The number of hydrogen-bond donors (Lipinski definition) is 2. The fourth-order valence-corrected chi connectivity index (χ4v) is 5.08. The van der Waals surface area contributed by atoms with Crippen LogP contribution in [0.2, 0.25) is 0 Å². The zero-order valence-electron chi connectivity index (χ0n) is 20.8. The Labute approximate surface area is 215 Å². The highest BCUT2D eigenvalue weighted by Crippen LogP contribution is 2.34. The maximum atomic E-state index is 13.3. The number of amides is 2. The highest BCUT2D eigenvalue weighted by atomic mass is 16.5. The minimum atomic E-state index is -0.251. The Bertz CT molecular complexity index is 1360. The summed E-state index contributed by atoms with van der Waals surface area (Å²) in [6.45, 7) is 0. The molecule has 1 aliphatic carbocycles. The van der Waals surface area contributed by atoms with Crippen molar-refractivity contribution in [3.63, 3.8) is 0 Å². The number of hydrogen-bond acceptors (Lipinski definition) is 5.